The quantitative estimate of drug-likeness (QED) is 0.821. The number of hydrogen-bond acceptors (Lipinski definition) is 3. The van der Waals surface area contributed by atoms with Crippen molar-refractivity contribution in [1.82, 2.24) is 0 Å². The van der Waals surface area contributed by atoms with Crippen LogP contribution < -0.4 is 0 Å². The molecule has 17 heavy (non-hydrogen) atoms. The Hall–Kier alpha value is -0.610. The van der Waals surface area contributed by atoms with E-state index in [1.165, 1.54) is 32.1 Å². The predicted molar refractivity (Wildman–Crippen MR) is 62.9 cm³/mol. The molecule has 1 saturated carbocycles. The van der Waals surface area contributed by atoms with E-state index in [-0.39, 0.29) is 0 Å². The standard InChI is InChI=1S/C13H22O4/c14-12(15)13(6-8-16-9-7-13)17-10-11-4-2-1-3-5-11/h11H,1-10H2,(H,14,15). The minimum atomic E-state index is -0.976. The van der Waals surface area contributed by atoms with Crippen LogP contribution in [-0.4, -0.2) is 36.5 Å². The molecule has 0 atom stereocenters. The monoisotopic (exact) mass is 242 g/mol. The highest BCUT2D eigenvalue weighted by Crippen LogP contribution is 2.29. The molecule has 0 aromatic carbocycles. The van der Waals surface area contributed by atoms with Gasteiger partial charge < -0.3 is 14.6 Å². The summed E-state index contributed by atoms with van der Waals surface area (Å²) in [4.78, 5) is 11.4. The average Bonchev–Trinajstić information content (AvgIpc) is 2.38. The topological polar surface area (TPSA) is 55.8 Å². The fraction of sp³-hybridized carbons (Fsp3) is 0.923. The SMILES string of the molecule is O=C(O)C1(OCC2CCCCC2)CCOCC1. The Morgan fingerprint density at radius 2 is 1.88 bits per heavy atom. The third-order valence-electron chi connectivity index (χ3n) is 4.01. The Kier molecular flexibility index (Phi) is 4.40. The minimum absolute atomic E-state index is 0.481. The Bertz CT molecular complexity index is 252. The van der Waals surface area contributed by atoms with Gasteiger partial charge in [-0.05, 0) is 18.8 Å². The van der Waals surface area contributed by atoms with Gasteiger partial charge in [0.25, 0.3) is 0 Å². The van der Waals surface area contributed by atoms with Crippen LogP contribution in [0.15, 0.2) is 0 Å². The first kappa shape index (κ1) is 12.8. The molecule has 98 valence electrons. The Morgan fingerprint density at radius 3 is 2.47 bits per heavy atom. The van der Waals surface area contributed by atoms with E-state index in [2.05, 4.69) is 0 Å². The van der Waals surface area contributed by atoms with Gasteiger partial charge in [-0.3, -0.25) is 0 Å². The van der Waals surface area contributed by atoms with E-state index in [1.807, 2.05) is 0 Å². The van der Waals surface area contributed by atoms with Crippen molar-refractivity contribution in [2.75, 3.05) is 19.8 Å². The maximum Gasteiger partial charge on any atom is 0.336 e. The van der Waals surface area contributed by atoms with Gasteiger partial charge in [0.1, 0.15) is 0 Å². The number of hydrogen-bond donors (Lipinski definition) is 1. The zero-order chi connectivity index (χ0) is 12.1. The molecule has 0 bridgehead atoms. The summed E-state index contributed by atoms with van der Waals surface area (Å²) in [7, 11) is 0. The van der Waals surface area contributed by atoms with Crippen LogP contribution in [0.2, 0.25) is 0 Å². The van der Waals surface area contributed by atoms with E-state index in [0.717, 1.165) is 0 Å². The van der Waals surface area contributed by atoms with E-state index in [0.29, 0.717) is 38.6 Å². The van der Waals surface area contributed by atoms with Crippen molar-refractivity contribution in [3.8, 4) is 0 Å². The van der Waals surface area contributed by atoms with Gasteiger partial charge in [0, 0.05) is 26.1 Å². The molecule has 1 saturated heterocycles. The molecule has 2 aliphatic rings. The molecule has 0 spiro atoms. The highest BCUT2D eigenvalue weighted by Gasteiger charge is 2.41. The summed E-state index contributed by atoms with van der Waals surface area (Å²) >= 11 is 0. The van der Waals surface area contributed by atoms with Gasteiger partial charge >= 0.3 is 5.97 Å². The Labute approximate surface area is 102 Å². The maximum absolute atomic E-state index is 11.4. The molecular weight excluding hydrogens is 220 g/mol. The van der Waals surface area contributed by atoms with Gasteiger partial charge in [-0.25, -0.2) is 4.79 Å². The second kappa shape index (κ2) is 5.83. The fourth-order valence-electron chi connectivity index (χ4n) is 2.75. The molecule has 4 nitrogen and oxygen atoms in total. The number of ether oxygens (including phenoxy) is 2. The summed E-state index contributed by atoms with van der Waals surface area (Å²) in [6.07, 6.45) is 7.17. The molecule has 4 heteroatoms. The zero-order valence-electron chi connectivity index (χ0n) is 10.3. The predicted octanol–water partition coefficient (Wildman–Crippen LogP) is 2.22. The van der Waals surface area contributed by atoms with Gasteiger partial charge in [-0.1, -0.05) is 19.3 Å². The van der Waals surface area contributed by atoms with Crippen molar-refractivity contribution >= 4 is 5.97 Å². The molecule has 1 aliphatic carbocycles. The Morgan fingerprint density at radius 1 is 1.24 bits per heavy atom. The van der Waals surface area contributed by atoms with Crippen molar-refractivity contribution in [3.63, 3.8) is 0 Å². The van der Waals surface area contributed by atoms with Crippen LogP contribution in [-0.2, 0) is 14.3 Å². The number of carboxylic acids is 1. The summed E-state index contributed by atoms with van der Waals surface area (Å²) in [5.41, 5.74) is -0.976. The summed E-state index contributed by atoms with van der Waals surface area (Å²) in [6.45, 7) is 1.60. The normalized spacial score (nSPS) is 25.6. The molecule has 0 unspecified atom stereocenters. The van der Waals surface area contributed by atoms with Gasteiger partial charge in [-0.2, -0.15) is 0 Å². The number of carbonyl (C=O) groups is 1. The highest BCUT2D eigenvalue weighted by atomic mass is 16.5. The van der Waals surface area contributed by atoms with Gasteiger partial charge in [0.2, 0.25) is 0 Å². The van der Waals surface area contributed by atoms with Crippen LogP contribution in [0.3, 0.4) is 0 Å². The minimum Gasteiger partial charge on any atom is -0.479 e. The second-order valence-electron chi connectivity index (χ2n) is 5.23. The largest absolute Gasteiger partial charge is 0.479 e. The Balaban J connectivity index is 1.86. The van der Waals surface area contributed by atoms with E-state index >= 15 is 0 Å². The van der Waals surface area contributed by atoms with Crippen molar-refractivity contribution in [1.29, 1.82) is 0 Å². The van der Waals surface area contributed by atoms with E-state index < -0.39 is 11.6 Å². The lowest BCUT2D eigenvalue weighted by Gasteiger charge is -2.35. The summed E-state index contributed by atoms with van der Waals surface area (Å²) in [6, 6.07) is 0. The second-order valence-corrected chi connectivity index (χ2v) is 5.23. The number of carboxylic acid groups (broad SMARTS) is 1. The average molecular weight is 242 g/mol. The number of rotatable bonds is 4. The van der Waals surface area contributed by atoms with E-state index in [1.54, 1.807) is 0 Å². The summed E-state index contributed by atoms with van der Waals surface area (Å²) in [5.74, 6) is -0.264. The van der Waals surface area contributed by atoms with Gasteiger partial charge in [-0.15, -0.1) is 0 Å². The molecule has 2 fully saturated rings. The van der Waals surface area contributed by atoms with Crippen LogP contribution >= 0.6 is 0 Å². The van der Waals surface area contributed by atoms with Gasteiger partial charge in [0.15, 0.2) is 5.60 Å². The molecule has 2 rings (SSSR count). The van der Waals surface area contributed by atoms with Crippen LogP contribution in [0.1, 0.15) is 44.9 Å². The van der Waals surface area contributed by atoms with Crippen LogP contribution in [0.4, 0.5) is 0 Å². The first-order valence-electron chi connectivity index (χ1n) is 6.68. The van der Waals surface area contributed by atoms with Gasteiger partial charge in [0.05, 0.1) is 6.61 Å². The molecule has 1 aliphatic heterocycles. The highest BCUT2D eigenvalue weighted by molar-refractivity contribution is 5.77. The molecule has 0 radical (unpaired) electrons. The summed E-state index contributed by atoms with van der Waals surface area (Å²) in [5, 5.41) is 9.34. The van der Waals surface area contributed by atoms with Crippen LogP contribution in [0, 0.1) is 5.92 Å². The lowest BCUT2D eigenvalue weighted by Crippen LogP contribution is -2.47. The van der Waals surface area contributed by atoms with Crippen molar-refractivity contribution in [2.24, 2.45) is 5.92 Å². The van der Waals surface area contributed by atoms with Crippen molar-refractivity contribution in [3.05, 3.63) is 0 Å². The molecule has 1 heterocycles. The van der Waals surface area contributed by atoms with E-state index in [4.69, 9.17) is 9.47 Å². The maximum atomic E-state index is 11.4. The molecule has 0 aromatic rings. The molecule has 0 aromatic heterocycles. The van der Waals surface area contributed by atoms with Crippen molar-refractivity contribution < 1.29 is 19.4 Å². The fourth-order valence-corrected chi connectivity index (χ4v) is 2.75. The molecule has 1 N–H and O–H groups in total. The van der Waals surface area contributed by atoms with Crippen LogP contribution in [0.5, 0.6) is 0 Å². The zero-order valence-corrected chi connectivity index (χ0v) is 10.3. The smallest absolute Gasteiger partial charge is 0.336 e. The third kappa shape index (κ3) is 3.19. The first-order valence-corrected chi connectivity index (χ1v) is 6.68. The molecule has 0 amide bonds. The molecular formula is C13H22O4. The van der Waals surface area contributed by atoms with Crippen LogP contribution in [0.25, 0.3) is 0 Å². The third-order valence-corrected chi connectivity index (χ3v) is 4.01. The summed E-state index contributed by atoms with van der Waals surface area (Å²) < 4.78 is 11.0. The lowest BCUT2D eigenvalue weighted by atomic mass is 9.89. The number of aliphatic carboxylic acids is 1. The first-order chi connectivity index (χ1) is 8.23. The lowest BCUT2D eigenvalue weighted by molar-refractivity contribution is -0.181. The van der Waals surface area contributed by atoms with E-state index in [9.17, 15) is 9.90 Å². The van der Waals surface area contributed by atoms with Crippen molar-refractivity contribution in [2.45, 2.75) is 50.5 Å².